The van der Waals surface area contributed by atoms with Crippen molar-refractivity contribution in [2.24, 2.45) is 5.73 Å². The first-order chi connectivity index (χ1) is 7.59. The number of halogens is 2. The maximum atomic E-state index is 14.0. The molecular formula is C12H13F2NO. The van der Waals surface area contributed by atoms with Gasteiger partial charge in [0.1, 0.15) is 17.4 Å². The average molecular weight is 225 g/mol. The van der Waals surface area contributed by atoms with Gasteiger partial charge in [-0.1, -0.05) is 0 Å². The zero-order valence-corrected chi connectivity index (χ0v) is 8.85. The molecule has 1 aromatic carbocycles. The molecule has 2 N–H and O–H groups in total. The molecule has 4 heteroatoms. The van der Waals surface area contributed by atoms with Crippen molar-refractivity contribution in [3.05, 3.63) is 28.8 Å². The van der Waals surface area contributed by atoms with Crippen LogP contribution in [0.5, 0.6) is 5.75 Å². The number of rotatable bonds is 2. The fraction of sp³-hybridized carbons (Fsp3) is 0.500. The highest BCUT2D eigenvalue weighted by atomic mass is 19.1. The van der Waals surface area contributed by atoms with Crippen LogP contribution in [-0.4, -0.2) is 12.1 Å². The summed E-state index contributed by atoms with van der Waals surface area (Å²) in [4.78, 5) is 0. The summed E-state index contributed by atoms with van der Waals surface area (Å²) in [6.45, 7) is 0.433. The van der Waals surface area contributed by atoms with Crippen LogP contribution in [0.25, 0.3) is 0 Å². The van der Waals surface area contributed by atoms with Crippen LogP contribution in [0, 0.1) is 11.6 Å². The van der Waals surface area contributed by atoms with Crippen molar-refractivity contribution >= 4 is 0 Å². The standard InChI is InChI=1S/C12H13F2NO/c13-9-5-10-7(1-4-16-10)11(14)8(9)6-12(15)2-3-12/h5H,1-4,6,15H2. The molecule has 1 saturated carbocycles. The quantitative estimate of drug-likeness (QED) is 0.834. The molecule has 2 nitrogen and oxygen atoms in total. The molecule has 0 atom stereocenters. The van der Waals surface area contributed by atoms with Gasteiger partial charge in [-0.2, -0.15) is 0 Å². The van der Waals surface area contributed by atoms with Crippen molar-refractivity contribution in [1.82, 2.24) is 0 Å². The minimum Gasteiger partial charge on any atom is -0.493 e. The Labute approximate surface area is 92.4 Å². The van der Waals surface area contributed by atoms with E-state index in [1.807, 2.05) is 0 Å². The van der Waals surface area contributed by atoms with Crippen LogP contribution in [0.3, 0.4) is 0 Å². The van der Waals surface area contributed by atoms with Crippen LogP contribution in [0.15, 0.2) is 6.07 Å². The van der Waals surface area contributed by atoms with Gasteiger partial charge in [0.05, 0.1) is 6.61 Å². The van der Waals surface area contributed by atoms with Gasteiger partial charge in [0, 0.05) is 29.2 Å². The lowest BCUT2D eigenvalue weighted by Crippen LogP contribution is -2.26. The third-order valence-electron chi connectivity index (χ3n) is 3.40. The molecule has 0 spiro atoms. The third kappa shape index (κ3) is 1.48. The van der Waals surface area contributed by atoms with E-state index in [2.05, 4.69) is 0 Å². The second-order valence-electron chi connectivity index (χ2n) is 4.77. The number of ether oxygens (including phenoxy) is 1. The Bertz CT molecular complexity index is 455. The molecule has 1 aliphatic heterocycles. The van der Waals surface area contributed by atoms with Crippen LogP contribution in [-0.2, 0) is 12.8 Å². The summed E-state index contributed by atoms with van der Waals surface area (Å²) in [5.74, 6) is -0.639. The SMILES string of the molecule is NC1(Cc2c(F)cc3c(c2F)CCO3)CC1. The molecule has 1 heterocycles. The van der Waals surface area contributed by atoms with Crippen LogP contribution in [0.2, 0.25) is 0 Å². The van der Waals surface area contributed by atoms with E-state index in [9.17, 15) is 8.78 Å². The van der Waals surface area contributed by atoms with Gasteiger partial charge in [0.25, 0.3) is 0 Å². The molecule has 2 aliphatic rings. The first-order valence-electron chi connectivity index (χ1n) is 5.50. The molecule has 3 rings (SSSR count). The van der Waals surface area contributed by atoms with Gasteiger partial charge < -0.3 is 10.5 Å². The second kappa shape index (κ2) is 3.17. The van der Waals surface area contributed by atoms with Gasteiger partial charge in [0.15, 0.2) is 0 Å². The third-order valence-corrected chi connectivity index (χ3v) is 3.40. The first-order valence-corrected chi connectivity index (χ1v) is 5.50. The molecule has 0 unspecified atom stereocenters. The van der Waals surface area contributed by atoms with Gasteiger partial charge in [-0.25, -0.2) is 8.78 Å². The molecule has 0 saturated heterocycles. The molecular weight excluding hydrogens is 212 g/mol. The molecule has 1 aliphatic carbocycles. The number of fused-ring (bicyclic) bond motifs is 1. The monoisotopic (exact) mass is 225 g/mol. The van der Waals surface area contributed by atoms with E-state index in [1.54, 1.807) is 0 Å². The highest BCUT2D eigenvalue weighted by Gasteiger charge is 2.40. The maximum Gasteiger partial charge on any atom is 0.136 e. The number of hydrogen-bond donors (Lipinski definition) is 1. The highest BCUT2D eigenvalue weighted by molar-refractivity contribution is 5.43. The van der Waals surface area contributed by atoms with Crippen molar-refractivity contribution in [2.75, 3.05) is 6.61 Å². The molecule has 0 aromatic heterocycles. The highest BCUT2D eigenvalue weighted by Crippen LogP contribution is 2.39. The van der Waals surface area contributed by atoms with E-state index >= 15 is 0 Å². The van der Waals surface area contributed by atoms with Gasteiger partial charge in [-0.05, 0) is 19.3 Å². The van der Waals surface area contributed by atoms with Crippen LogP contribution in [0.1, 0.15) is 24.0 Å². The minimum absolute atomic E-state index is 0.129. The molecule has 1 aromatic rings. The summed E-state index contributed by atoms with van der Waals surface area (Å²) in [6, 6.07) is 1.28. The lowest BCUT2D eigenvalue weighted by Gasteiger charge is -2.12. The normalized spacial score (nSPS) is 20.4. The molecule has 0 amide bonds. The van der Waals surface area contributed by atoms with E-state index in [1.165, 1.54) is 6.07 Å². The molecule has 0 bridgehead atoms. The van der Waals surface area contributed by atoms with Crippen LogP contribution < -0.4 is 10.5 Å². The van der Waals surface area contributed by atoms with Crippen molar-refractivity contribution in [3.8, 4) is 5.75 Å². The predicted molar refractivity (Wildman–Crippen MR) is 55.4 cm³/mol. The van der Waals surface area contributed by atoms with E-state index in [4.69, 9.17) is 10.5 Å². The molecule has 1 fully saturated rings. The zero-order chi connectivity index (χ0) is 11.3. The predicted octanol–water partition coefficient (Wildman–Crippen LogP) is 1.93. The van der Waals surface area contributed by atoms with E-state index < -0.39 is 11.6 Å². The van der Waals surface area contributed by atoms with Crippen molar-refractivity contribution in [2.45, 2.75) is 31.2 Å². The maximum absolute atomic E-state index is 14.0. The summed E-state index contributed by atoms with van der Waals surface area (Å²) in [5.41, 5.74) is 6.15. The number of benzene rings is 1. The van der Waals surface area contributed by atoms with E-state index in [-0.39, 0.29) is 17.5 Å². The average Bonchev–Trinajstić information content (AvgIpc) is 2.77. The van der Waals surface area contributed by atoms with E-state index in [0.717, 1.165) is 12.8 Å². The Balaban J connectivity index is 2.03. The molecule has 86 valence electrons. The summed E-state index contributed by atoms with van der Waals surface area (Å²) >= 11 is 0. The Kier molecular flexibility index (Phi) is 1.98. The topological polar surface area (TPSA) is 35.2 Å². The lowest BCUT2D eigenvalue weighted by atomic mass is 9.99. The van der Waals surface area contributed by atoms with Crippen molar-refractivity contribution < 1.29 is 13.5 Å². The first kappa shape index (κ1) is 10.0. The zero-order valence-electron chi connectivity index (χ0n) is 8.85. The summed E-state index contributed by atoms with van der Waals surface area (Å²) < 4.78 is 32.9. The fourth-order valence-electron chi connectivity index (χ4n) is 2.16. The summed E-state index contributed by atoms with van der Waals surface area (Å²) in [7, 11) is 0. The second-order valence-corrected chi connectivity index (χ2v) is 4.77. The summed E-state index contributed by atoms with van der Waals surface area (Å²) in [5, 5.41) is 0. The Morgan fingerprint density at radius 1 is 1.38 bits per heavy atom. The minimum atomic E-state index is -0.533. The number of hydrogen-bond acceptors (Lipinski definition) is 2. The number of nitrogens with two attached hydrogens (primary N) is 1. The molecule has 16 heavy (non-hydrogen) atoms. The summed E-state index contributed by atoms with van der Waals surface area (Å²) in [6.07, 6.45) is 2.50. The van der Waals surface area contributed by atoms with E-state index in [0.29, 0.717) is 24.3 Å². The largest absolute Gasteiger partial charge is 0.493 e. The lowest BCUT2D eigenvalue weighted by molar-refractivity contribution is 0.355. The van der Waals surface area contributed by atoms with Crippen molar-refractivity contribution in [3.63, 3.8) is 0 Å². The van der Waals surface area contributed by atoms with Crippen LogP contribution in [0.4, 0.5) is 8.78 Å². The van der Waals surface area contributed by atoms with Crippen molar-refractivity contribution in [1.29, 1.82) is 0 Å². The van der Waals surface area contributed by atoms with Gasteiger partial charge in [-0.15, -0.1) is 0 Å². The fourth-order valence-corrected chi connectivity index (χ4v) is 2.16. The smallest absolute Gasteiger partial charge is 0.136 e. The molecule has 0 radical (unpaired) electrons. The van der Waals surface area contributed by atoms with Gasteiger partial charge in [0.2, 0.25) is 0 Å². The van der Waals surface area contributed by atoms with Gasteiger partial charge >= 0.3 is 0 Å². The van der Waals surface area contributed by atoms with Gasteiger partial charge in [-0.3, -0.25) is 0 Å². The van der Waals surface area contributed by atoms with Crippen LogP contribution >= 0.6 is 0 Å². The Morgan fingerprint density at radius 3 is 2.81 bits per heavy atom. The Morgan fingerprint density at radius 2 is 2.12 bits per heavy atom. The Hall–Kier alpha value is -1.16.